The van der Waals surface area contributed by atoms with Gasteiger partial charge in [-0.25, -0.2) is 0 Å². The maximum Gasteiger partial charge on any atom is 0.161 e. The van der Waals surface area contributed by atoms with E-state index in [2.05, 4.69) is 19.1 Å². The van der Waals surface area contributed by atoms with Gasteiger partial charge in [-0.1, -0.05) is 39.3 Å². The lowest BCUT2D eigenvalue weighted by atomic mass is 9.66. The van der Waals surface area contributed by atoms with Gasteiger partial charge in [0, 0.05) is 6.04 Å². The quantitative estimate of drug-likeness (QED) is 0.459. The van der Waals surface area contributed by atoms with Crippen LogP contribution < -0.4 is 24.7 Å². The number of benzene rings is 2. The van der Waals surface area contributed by atoms with E-state index in [1.165, 1.54) is 5.56 Å². The third kappa shape index (κ3) is 5.54. The van der Waals surface area contributed by atoms with Crippen LogP contribution in [0.15, 0.2) is 36.4 Å². The maximum atomic E-state index is 10.3. The third-order valence-corrected chi connectivity index (χ3v) is 6.67. The smallest absolute Gasteiger partial charge is 0.161 e. The fraction of sp³-hybridized carbons (Fsp3) is 0.519. The highest BCUT2D eigenvalue weighted by atomic mass is 16.5. The predicted octanol–water partition coefficient (Wildman–Crippen LogP) is 5.44. The molecule has 180 valence electrons. The van der Waals surface area contributed by atoms with Crippen molar-refractivity contribution in [2.75, 3.05) is 28.4 Å². The van der Waals surface area contributed by atoms with Crippen molar-refractivity contribution in [2.24, 2.45) is 11.7 Å². The van der Waals surface area contributed by atoms with Gasteiger partial charge in [-0.05, 0) is 60.1 Å². The zero-order valence-electron chi connectivity index (χ0n) is 21.0. The Labute approximate surface area is 198 Å². The molecule has 0 radical (unpaired) electrons. The van der Waals surface area contributed by atoms with E-state index in [9.17, 15) is 5.26 Å². The molecule has 2 aromatic carbocycles. The summed E-state index contributed by atoms with van der Waals surface area (Å²) in [6.45, 7) is 6.29. The number of nitriles is 1. The minimum absolute atomic E-state index is 0.0267. The average molecular weight is 455 g/mol. The van der Waals surface area contributed by atoms with Gasteiger partial charge in [-0.2, -0.15) is 5.26 Å². The zero-order chi connectivity index (χ0) is 24.6. The number of hydrogen-bond acceptors (Lipinski definition) is 6. The molecular weight excluding hydrogens is 416 g/mol. The fourth-order valence-corrected chi connectivity index (χ4v) is 4.54. The van der Waals surface area contributed by atoms with Gasteiger partial charge in [0.15, 0.2) is 23.0 Å². The molecule has 0 spiro atoms. The van der Waals surface area contributed by atoms with Crippen LogP contribution in [0, 0.1) is 17.2 Å². The molecule has 0 aliphatic heterocycles. The molecular formula is C27H38N2O4. The van der Waals surface area contributed by atoms with E-state index in [1.54, 1.807) is 28.4 Å². The number of nitrogens with two attached hydrogens (primary N) is 1. The van der Waals surface area contributed by atoms with Crippen LogP contribution in [0.4, 0.5) is 0 Å². The number of ether oxygens (including phenoxy) is 4. The molecule has 3 atom stereocenters. The van der Waals surface area contributed by atoms with Crippen molar-refractivity contribution in [1.29, 1.82) is 5.26 Å². The van der Waals surface area contributed by atoms with Gasteiger partial charge in [0.1, 0.15) is 0 Å². The first-order chi connectivity index (χ1) is 15.8. The molecule has 6 heteroatoms. The Hall–Kier alpha value is -2.91. The summed E-state index contributed by atoms with van der Waals surface area (Å²) in [6, 6.07) is 13.9. The molecule has 2 aromatic rings. The Morgan fingerprint density at radius 2 is 1.36 bits per heavy atom. The lowest BCUT2D eigenvalue weighted by Gasteiger charge is -2.37. The highest BCUT2D eigenvalue weighted by molar-refractivity contribution is 5.48. The summed E-state index contributed by atoms with van der Waals surface area (Å²) in [5, 5.41) is 10.3. The first-order valence-corrected chi connectivity index (χ1v) is 11.4. The first-order valence-electron chi connectivity index (χ1n) is 11.4. The van der Waals surface area contributed by atoms with Gasteiger partial charge < -0.3 is 24.7 Å². The van der Waals surface area contributed by atoms with Crippen LogP contribution in [0.25, 0.3) is 0 Å². The molecule has 0 aliphatic carbocycles. The van der Waals surface area contributed by atoms with Gasteiger partial charge in [0.2, 0.25) is 0 Å². The van der Waals surface area contributed by atoms with Gasteiger partial charge in [0.25, 0.3) is 0 Å². The van der Waals surface area contributed by atoms with Crippen molar-refractivity contribution in [3.8, 4) is 29.1 Å². The van der Waals surface area contributed by atoms with Crippen molar-refractivity contribution in [3.63, 3.8) is 0 Å². The first kappa shape index (κ1) is 26.3. The molecule has 0 saturated carbocycles. The van der Waals surface area contributed by atoms with Crippen molar-refractivity contribution in [3.05, 3.63) is 47.5 Å². The highest BCUT2D eigenvalue weighted by Crippen LogP contribution is 2.41. The summed E-state index contributed by atoms with van der Waals surface area (Å²) in [7, 11) is 6.48. The standard InChI is InChI=1S/C27H38N2O4/c1-18(2)27(17-28,21-12-14-23(31-5)25(16-21)33-7)26(29)10-8-9-19(3)20-11-13-22(30-4)24(15-20)32-6/h11-16,18-19,26H,8-10,29H2,1-7H3. The molecule has 0 saturated heterocycles. The Bertz CT molecular complexity index is 954. The minimum atomic E-state index is -0.827. The van der Waals surface area contributed by atoms with E-state index in [0.717, 1.165) is 36.3 Å². The molecule has 0 aromatic heterocycles. The largest absolute Gasteiger partial charge is 0.493 e. The Balaban J connectivity index is 2.18. The molecule has 6 nitrogen and oxygen atoms in total. The zero-order valence-corrected chi connectivity index (χ0v) is 21.0. The van der Waals surface area contributed by atoms with E-state index in [1.807, 2.05) is 44.2 Å². The summed E-state index contributed by atoms with van der Waals surface area (Å²) in [6.07, 6.45) is 2.59. The highest BCUT2D eigenvalue weighted by Gasteiger charge is 2.42. The molecule has 0 amide bonds. The van der Waals surface area contributed by atoms with Crippen LogP contribution in [0.3, 0.4) is 0 Å². The summed E-state index contributed by atoms with van der Waals surface area (Å²) < 4.78 is 21.6. The van der Waals surface area contributed by atoms with Crippen LogP contribution >= 0.6 is 0 Å². The molecule has 0 bridgehead atoms. The Kier molecular flexibility index (Phi) is 9.43. The Morgan fingerprint density at radius 1 is 0.818 bits per heavy atom. The topological polar surface area (TPSA) is 86.7 Å². The van der Waals surface area contributed by atoms with Gasteiger partial charge in [0.05, 0.1) is 39.9 Å². The second-order valence-electron chi connectivity index (χ2n) is 8.76. The minimum Gasteiger partial charge on any atom is -0.493 e. The van der Waals surface area contributed by atoms with Crippen LogP contribution in [0.1, 0.15) is 57.1 Å². The van der Waals surface area contributed by atoms with E-state index in [4.69, 9.17) is 24.7 Å². The van der Waals surface area contributed by atoms with Crippen LogP contribution in [-0.2, 0) is 5.41 Å². The molecule has 0 aliphatic rings. The third-order valence-electron chi connectivity index (χ3n) is 6.67. The van der Waals surface area contributed by atoms with Gasteiger partial charge >= 0.3 is 0 Å². The number of hydrogen-bond donors (Lipinski definition) is 1. The van der Waals surface area contributed by atoms with E-state index >= 15 is 0 Å². The van der Waals surface area contributed by atoms with Gasteiger partial charge in [-0.3, -0.25) is 0 Å². The molecule has 2 N–H and O–H groups in total. The van der Waals surface area contributed by atoms with Crippen molar-refractivity contribution in [1.82, 2.24) is 0 Å². The number of nitrogens with zero attached hydrogens (tertiary/aromatic N) is 1. The van der Waals surface area contributed by atoms with Crippen molar-refractivity contribution < 1.29 is 18.9 Å². The van der Waals surface area contributed by atoms with Crippen molar-refractivity contribution >= 4 is 0 Å². The van der Waals surface area contributed by atoms with E-state index in [0.29, 0.717) is 17.4 Å². The molecule has 3 unspecified atom stereocenters. The maximum absolute atomic E-state index is 10.3. The van der Waals surface area contributed by atoms with Crippen LogP contribution in [0.2, 0.25) is 0 Å². The van der Waals surface area contributed by atoms with Gasteiger partial charge in [-0.15, -0.1) is 0 Å². The molecule has 33 heavy (non-hydrogen) atoms. The number of rotatable bonds is 12. The van der Waals surface area contributed by atoms with E-state index in [-0.39, 0.29) is 12.0 Å². The van der Waals surface area contributed by atoms with Crippen LogP contribution in [-0.4, -0.2) is 34.5 Å². The molecule has 0 fully saturated rings. The Morgan fingerprint density at radius 3 is 1.88 bits per heavy atom. The SMILES string of the molecule is COc1ccc(C(C)CCCC(N)C(C#N)(c2ccc(OC)c(OC)c2)C(C)C)cc1OC. The van der Waals surface area contributed by atoms with Crippen LogP contribution in [0.5, 0.6) is 23.0 Å². The fourth-order valence-electron chi connectivity index (χ4n) is 4.54. The summed E-state index contributed by atoms with van der Waals surface area (Å²) in [4.78, 5) is 0. The molecule has 2 rings (SSSR count). The lowest BCUT2D eigenvalue weighted by Crippen LogP contribution is -2.48. The lowest BCUT2D eigenvalue weighted by molar-refractivity contribution is 0.302. The summed E-state index contributed by atoms with van der Waals surface area (Å²) in [5.74, 6) is 3.04. The second-order valence-corrected chi connectivity index (χ2v) is 8.76. The monoisotopic (exact) mass is 454 g/mol. The summed E-state index contributed by atoms with van der Waals surface area (Å²) >= 11 is 0. The predicted molar refractivity (Wildman–Crippen MR) is 131 cm³/mol. The van der Waals surface area contributed by atoms with E-state index < -0.39 is 5.41 Å². The molecule has 0 heterocycles. The summed E-state index contributed by atoms with van der Waals surface area (Å²) in [5.41, 5.74) is 7.96. The number of methoxy groups -OCH3 is 4. The average Bonchev–Trinajstić information content (AvgIpc) is 2.83. The van der Waals surface area contributed by atoms with Crippen molar-refractivity contribution in [2.45, 2.75) is 57.4 Å². The normalized spacial score (nSPS) is 14.7. The second kappa shape index (κ2) is 11.8.